The van der Waals surface area contributed by atoms with Gasteiger partial charge in [0.2, 0.25) is 0 Å². The molecule has 1 fully saturated rings. The third-order valence-electron chi connectivity index (χ3n) is 3.54. The summed E-state index contributed by atoms with van der Waals surface area (Å²) in [5.74, 6) is 0.567. The van der Waals surface area contributed by atoms with Crippen molar-refractivity contribution < 1.29 is 4.74 Å². The summed E-state index contributed by atoms with van der Waals surface area (Å²) in [6, 6.07) is 1.64. The van der Waals surface area contributed by atoms with E-state index >= 15 is 0 Å². The third-order valence-corrected chi connectivity index (χ3v) is 3.54. The van der Waals surface area contributed by atoms with Crippen LogP contribution in [0.5, 0.6) is 0 Å². The van der Waals surface area contributed by atoms with Crippen molar-refractivity contribution in [3.8, 4) is 0 Å². The molecule has 19 heavy (non-hydrogen) atoms. The first-order chi connectivity index (χ1) is 9.11. The van der Waals surface area contributed by atoms with Gasteiger partial charge in [-0.25, -0.2) is 4.68 Å². The normalized spacial score (nSPS) is 16.4. The van der Waals surface area contributed by atoms with Crippen LogP contribution in [0.3, 0.4) is 0 Å². The van der Waals surface area contributed by atoms with Crippen LogP contribution in [0, 0.1) is 5.92 Å². The highest BCUT2D eigenvalue weighted by Gasteiger charge is 2.28. The standard InChI is InChI=1S/C13H22N4O2/c1-16(5-6-19-2)11-7-13(18)17(15-8-11)9-12(14)10-3-4-10/h7-8,10,12H,3-6,9,14H2,1-2H3. The molecular formula is C13H22N4O2. The van der Waals surface area contributed by atoms with E-state index in [2.05, 4.69) is 5.10 Å². The van der Waals surface area contributed by atoms with E-state index in [1.54, 1.807) is 19.4 Å². The second-order valence-corrected chi connectivity index (χ2v) is 5.15. The summed E-state index contributed by atoms with van der Waals surface area (Å²) < 4.78 is 6.47. The highest BCUT2D eigenvalue weighted by molar-refractivity contribution is 5.41. The van der Waals surface area contributed by atoms with Crippen molar-refractivity contribution in [1.82, 2.24) is 9.78 Å². The minimum Gasteiger partial charge on any atom is -0.383 e. The molecule has 1 heterocycles. The van der Waals surface area contributed by atoms with Crippen LogP contribution >= 0.6 is 0 Å². The molecule has 0 saturated heterocycles. The van der Waals surface area contributed by atoms with Gasteiger partial charge in [-0.15, -0.1) is 0 Å². The number of nitrogens with two attached hydrogens (primary N) is 1. The summed E-state index contributed by atoms with van der Waals surface area (Å²) in [6.07, 6.45) is 4.05. The van der Waals surface area contributed by atoms with Gasteiger partial charge in [0.15, 0.2) is 0 Å². The molecular weight excluding hydrogens is 244 g/mol. The Bertz CT molecular complexity index is 470. The lowest BCUT2D eigenvalue weighted by molar-refractivity contribution is 0.206. The Morgan fingerprint density at radius 3 is 2.95 bits per heavy atom. The molecule has 2 rings (SSSR count). The number of anilines is 1. The quantitative estimate of drug-likeness (QED) is 0.755. The van der Waals surface area contributed by atoms with Gasteiger partial charge in [-0.3, -0.25) is 4.79 Å². The summed E-state index contributed by atoms with van der Waals surface area (Å²) in [7, 11) is 3.57. The maximum Gasteiger partial charge on any atom is 0.268 e. The SMILES string of the molecule is COCCN(C)c1cnn(CC(N)C2CC2)c(=O)c1. The van der Waals surface area contributed by atoms with Gasteiger partial charge in [0.25, 0.3) is 5.56 Å². The molecule has 0 bridgehead atoms. The molecule has 1 aliphatic carbocycles. The van der Waals surface area contributed by atoms with Gasteiger partial charge in [0, 0.05) is 32.8 Å². The van der Waals surface area contributed by atoms with E-state index in [0.717, 1.165) is 12.2 Å². The van der Waals surface area contributed by atoms with E-state index in [1.165, 1.54) is 17.5 Å². The number of hydrogen-bond donors (Lipinski definition) is 1. The van der Waals surface area contributed by atoms with Crippen LogP contribution < -0.4 is 16.2 Å². The van der Waals surface area contributed by atoms with Crippen LogP contribution in [0.4, 0.5) is 5.69 Å². The van der Waals surface area contributed by atoms with E-state index in [0.29, 0.717) is 19.1 Å². The molecule has 1 aromatic heterocycles. The summed E-state index contributed by atoms with van der Waals surface area (Å²) in [5.41, 5.74) is 6.72. The van der Waals surface area contributed by atoms with Gasteiger partial charge < -0.3 is 15.4 Å². The van der Waals surface area contributed by atoms with Crippen LogP contribution in [-0.2, 0) is 11.3 Å². The van der Waals surface area contributed by atoms with E-state index in [9.17, 15) is 4.79 Å². The lowest BCUT2D eigenvalue weighted by Gasteiger charge is -2.19. The predicted octanol–water partition coefficient (Wildman–Crippen LogP) is 0.0632. The number of rotatable bonds is 7. The first kappa shape index (κ1) is 14.0. The molecule has 1 atom stereocenters. The number of ether oxygens (including phenoxy) is 1. The van der Waals surface area contributed by atoms with Gasteiger partial charge in [-0.1, -0.05) is 0 Å². The lowest BCUT2D eigenvalue weighted by atomic mass is 10.2. The minimum absolute atomic E-state index is 0.0438. The van der Waals surface area contributed by atoms with Gasteiger partial charge in [-0.2, -0.15) is 5.10 Å². The molecule has 106 valence electrons. The van der Waals surface area contributed by atoms with Gasteiger partial charge in [0.05, 0.1) is 25.0 Å². The van der Waals surface area contributed by atoms with Gasteiger partial charge in [-0.05, 0) is 18.8 Å². The molecule has 1 unspecified atom stereocenters. The zero-order valence-electron chi connectivity index (χ0n) is 11.6. The van der Waals surface area contributed by atoms with Crippen LogP contribution in [-0.4, -0.2) is 43.1 Å². The van der Waals surface area contributed by atoms with Crippen LogP contribution in [0.2, 0.25) is 0 Å². The Morgan fingerprint density at radius 1 is 1.63 bits per heavy atom. The fourth-order valence-corrected chi connectivity index (χ4v) is 2.00. The van der Waals surface area contributed by atoms with E-state index in [4.69, 9.17) is 10.5 Å². The maximum atomic E-state index is 12.0. The molecule has 1 saturated carbocycles. The molecule has 1 aliphatic rings. The van der Waals surface area contributed by atoms with E-state index in [-0.39, 0.29) is 11.6 Å². The lowest BCUT2D eigenvalue weighted by Crippen LogP contribution is -2.35. The Hall–Kier alpha value is -1.40. The monoisotopic (exact) mass is 266 g/mol. The van der Waals surface area contributed by atoms with Crippen LogP contribution in [0.15, 0.2) is 17.1 Å². The molecule has 0 amide bonds. The molecule has 0 spiro atoms. The smallest absolute Gasteiger partial charge is 0.268 e. The van der Waals surface area contributed by atoms with Crippen molar-refractivity contribution in [3.63, 3.8) is 0 Å². The Labute approximate surface area is 113 Å². The summed E-state index contributed by atoms with van der Waals surface area (Å²) >= 11 is 0. The molecule has 2 N–H and O–H groups in total. The zero-order chi connectivity index (χ0) is 13.8. The molecule has 6 heteroatoms. The van der Waals surface area contributed by atoms with Crippen molar-refractivity contribution in [3.05, 3.63) is 22.6 Å². The van der Waals surface area contributed by atoms with Crippen molar-refractivity contribution in [2.75, 3.05) is 32.2 Å². The fraction of sp³-hybridized carbons (Fsp3) is 0.692. The number of nitrogens with zero attached hydrogens (tertiary/aromatic N) is 3. The predicted molar refractivity (Wildman–Crippen MR) is 74.3 cm³/mol. The number of hydrogen-bond acceptors (Lipinski definition) is 5. The third kappa shape index (κ3) is 3.78. The second-order valence-electron chi connectivity index (χ2n) is 5.15. The molecule has 0 aliphatic heterocycles. The number of likely N-dealkylation sites (N-methyl/N-ethyl adjacent to an activating group) is 1. The topological polar surface area (TPSA) is 73.4 Å². The summed E-state index contributed by atoms with van der Waals surface area (Å²) in [4.78, 5) is 13.9. The first-order valence-electron chi connectivity index (χ1n) is 6.64. The van der Waals surface area contributed by atoms with E-state index in [1.807, 2.05) is 11.9 Å². The molecule has 0 radical (unpaired) electrons. The second kappa shape index (κ2) is 6.16. The van der Waals surface area contributed by atoms with Crippen LogP contribution in [0.1, 0.15) is 12.8 Å². The van der Waals surface area contributed by atoms with Gasteiger partial charge >= 0.3 is 0 Å². The van der Waals surface area contributed by atoms with Crippen molar-refractivity contribution in [2.24, 2.45) is 11.7 Å². The van der Waals surface area contributed by atoms with Crippen LogP contribution in [0.25, 0.3) is 0 Å². The van der Waals surface area contributed by atoms with Crippen molar-refractivity contribution in [2.45, 2.75) is 25.4 Å². The summed E-state index contributed by atoms with van der Waals surface area (Å²) in [5, 5.41) is 4.20. The molecule has 1 aromatic rings. The van der Waals surface area contributed by atoms with E-state index < -0.39 is 0 Å². The average molecular weight is 266 g/mol. The maximum absolute atomic E-state index is 12.0. The molecule has 6 nitrogen and oxygen atoms in total. The average Bonchev–Trinajstić information content (AvgIpc) is 3.22. The Balaban J connectivity index is 2.01. The summed E-state index contributed by atoms with van der Waals surface area (Å²) in [6.45, 7) is 1.85. The Kier molecular flexibility index (Phi) is 4.55. The van der Waals surface area contributed by atoms with Gasteiger partial charge in [0.1, 0.15) is 0 Å². The highest BCUT2D eigenvalue weighted by atomic mass is 16.5. The largest absolute Gasteiger partial charge is 0.383 e. The fourth-order valence-electron chi connectivity index (χ4n) is 2.00. The first-order valence-corrected chi connectivity index (χ1v) is 6.64. The number of aromatic nitrogens is 2. The minimum atomic E-state index is -0.0992. The highest BCUT2D eigenvalue weighted by Crippen LogP contribution is 2.31. The zero-order valence-corrected chi connectivity index (χ0v) is 11.6. The molecule has 0 aromatic carbocycles. The Morgan fingerprint density at radius 2 is 2.37 bits per heavy atom. The van der Waals surface area contributed by atoms with Crippen molar-refractivity contribution in [1.29, 1.82) is 0 Å². The van der Waals surface area contributed by atoms with Crippen molar-refractivity contribution >= 4 is 5.69 Å². The number of methoxy groups -OCH3 is 1.